The first-order valence-electron chi connectivity index (χ1n) is 12.3. The molecule has 3 N–H and O–H groups in total. The number of nitrogens with one attached hydrogen (secondary N) is 2. The Balaban J connectivity index is 1.35. The fourth-order valence-corrected chi connectivity index (χ4v) is 4.56. The summed E-state index contributed by atoms with van der Waals surface area (Å²) in [5.74, 6) is 0.689. The molecule has 3 aromatic rings. The third kappa shape index (κ3) is 5.16. The van der Waals surface area contributed by atoms with Crippen LogP contribution in [0.15, 0.2) is 48.5 Å². The van der Waals surface area contributed by atoms with E-state index in [-0.39, 0.29) is 29.6 Å². The van der Waals surface area contributed by atoms with Crippen LogP contribution in [0.1, 0.15) is 67.4 Å². The van der Waals surface area contributed by atoms with E-state index in [4.69, 9.17) is 4.74 Å². The largest absolute Gasteiger partial charge is 0.507 e. The molecular formula is C27H30N4O4. The molecule has 1 aromatic heterocycles. The van der Waals surface area contributed by atoms with Crippen molar-refractivity contribution in [2.45, 2.75) is 57.4 Å². The van der Waals surface area contributed by atoms with Crippen molar-refractivity contribution in [3.8, 4) is 22.8 Å². The van der Waals surface area contributed by atoms with Crippen LogP contribution in [0.4, 0.5) is 10.5 Å². The van der Waals surface area contributed by atoms with E-state index < -0.39 is 0 Å². The summed E-state index contributed by atoms with van der Waals surface area (Å²) in [6.07, 6.45) is 6.36. The van der Waals surface area contributed by atoms with E-state index in [1.807, 2.05) is 13.0 Å². The highest BCUT2D eigenvalue weighted by Gasteiger charge is 2.29. The van der Waals surface area contributed by atoms with Crippen LogP contribution >= 0.6 is 0 Å². The van der Waals surface area contributed by atoms with Gasteiger partial charge in [-0.05, 0) is 75.1 Å². The Morgan fingerprint density at radius 3 is 2.46 bits per heavy atom. The van der Waals surface area contributed by atoms with Gasteiger partial charge in [-0.25, -0.2) is 4.79 Å². The number of phenolic OH excluding ortho intramolecular Hbond substituents is 1. The molecule has 35 heavy (non-hydrogen) atoms. The van der Waals surface area contributed by atoms with Crippen LogP contribution in [0, 0.1) is 0 Å². The summed E-state index contributed by atoms with van der Waals surface area (Å²) >= 11 is 0. The van der Waals surface area contributed by atoms with Crippen molar-refractivity contribution < 1.29 is 19.4 Å². The highest BCUT2D eigenvalue weighted by atomic mass is 16.5. The number of phenols is 1. The zero-order valence-electron chi connectivity index (χ0n) is 19.8. The Morgan fingerprint density at radius 1 is 1.06 bits per heavy atom. The molecule has 8 heteroatoms. The molecule has 2 aromatic carbocycles. The lowest BCUT2D eigenvalue weighted by Gasteiger charge is -2.11. The van der Waals surface area contributed by atoms with Crippen molar-refractivity contribution in [3.05, 3.63) is 59.8 Å². The van der Waals surface area contributed by atoms with Crippen molar-refractivity contribution in [1.29, 1.82) is 0 Å². The maximum Gasteiger partial charge on any atom is 0.342 e. The SMILES string of the molecule is CCOc1ccc(C(=O)Nc2ccc(-c3cc(C4CCCC4)n(C(=O)NC4CC4)n3)c(O)c2)cc1. The van der Waals surface area contributed by atoms with Crippen LogP contribution in [0.5, 0.6) is 11.5 Å². The van der Waals surface area contributed by atoms with Gasteiger partial charge in [0.05, 0.1) is 18.0 Å². The molecule has 2 fully saturated rings. The number of aromatic nitrogens is 2. The van der Waals surface area contributed by atoms with Crippen LogP contribution in [0.25, 0.3) is 11.3 Å². The lowest BCUT2D eigenvalue weighted by Crippen LogP contribution is -2.32. The van der Waals surface area contributed by atoms with Crippen LogP contribution in [-0.4, -0.2) is 39.5 Å². The molecule has 2 aliphatic rings. The summed E-state index contributed by atoms with van der Waals surface area (Å²) in [6, 6.07) is 13.8. The molecule has 0 aliphatic heterocycles. The molecule has 2 amide bonds. The monoisotopic (exact) mass is 474 g/mol. The second-order valence-electron chi connectivity index (χ2n) is 9.21. The Kier molecular flexibility index (Phi) is 6.44. The van der Waals surface area contributed by atoms with Gasteiger partial charge in [0.1, 0.15) is 11.5 Å². The number of ether oxygens (including phenoxy) is 1. The standard InChI is InChI=1S/C27H30N4O4/c1-2-35-21-12-7-18(8-13-21)26(33)28-20-11-14-22(25(32)15-20)23-16-24(17-5-3-4-6-17)31(30-23)27(34)29-19-9-10-19/h7-8,11-17,19,32H,2-6,9-10H2,1H3,(H,28,33)(H,29,34). The molecule has 0 saturated heterocycles. The molecule has 0 bridgehead atoms. The normalized spacial score (nSPS) is 15.7. The first kappa shape index (κ1) is 23.0. The Hall–Kier alpha value is -3.81. The smallest absolute Gasteiger partial charge is 0.342 e. The molecule has 8 nitrogen and oxygen atoms in total. The minimum Gasteiger partial charge on any atom is -0.507 e. The van der Waals surface area contributed by atoms with E-state index in [0.29, 0.717) is 34.9 Å². The van der Waals surface area contributed by atoms with E-state index in [0.717, 1.165) is 44.2 Å². The van der Waals surface area contributed by atoms with Crippen molar-refractivity contribution in [2.24, 2.45) is 0 Å². The maximum absolute atomic E-state index is 12.8. The van der Waals surface area contributed by atoms with Gasteiger partial charge in [-0.2, -0.15) is 9.78 Å². The molecule has 0 unspecified atom stereocenters. The Morgan fingerprint density at radius 2 is 1.80 bits per heavy atom. The zero-order chi connectivity index (χ0) is 24.4. The summed E-state index contributed by atoms with van der Waals surface area (Å²) < 4.78 is 6.89. The van der Waals surface area contributed by atoms with Gasteiger partial charge in [0.2, 0.25) is 0 Å². The van der Waals surface area contributed by atoms with E-state index in [1.54, 1.807) is 36.4 Å². The van der Waals surface area contributed by atoms with Crippen LogP contribution < -0.4 is 15.4 Å². The van der Waals surface area contributed by atoms with Crippen LogP contribution in [0.3, 0.4) is 0 Å². The average Bonchev–Trinajstić information content (AvgIpc) is 3.31. The minimum absolute atomic E-state index is 0.0142. The number of benzene rings is 2. The highest BCUT2D eigenvalue weighted by molar-refractivity contribution is 6.04. The van der Waals surface area contributed by atoms with E-state index in [2.05, 4.69) is 15.7 Å². The van der Waals surface area contributed by atoms with Crippen molar-refractivity contribution >= 4 is 17.6 Å². The summed E-state index contributed by atoms with van der Waals surface area (Å²) in [4.78, 5) is 25.5. The average molecular weight is 475 g/mol. The molecule has 0 atom stereocenters. The number of hydrogen-bond donors (Lipinski definition) is 3. The third-order valence-electron chi connectivity index (χ3n) is 6.57. The molecule has 2 saturated carbocycles. The van der Waals surface area contributed by atoms with Gasteiger partial charge in [-0.1, -0.05) is 12.8 Å². The maximum atomic E-state index is 12.8. The number of nitrogens with zero attached hydrogens (tertiary/aromatic N) is 2. The van der Waals surface area contributed by atoms with Crippen molar-refractivity contribution in [3.63, 3.8) is 0 Å². The van der Waals surface area contributed by atoms with Gasteiger partial charge >= 0.3 is 6.03 Å². The Labute approximate surface area is 204 Å². The van der Waals surface area contributed by atoms with Crippen LogP contribution in [0.2, 0.25) is 0 Å². The van der Waals surface area contributed by atoms with Crippen molar-refractivity contribution in [2.75, 3.05) is 11.9 Å². The topological polar surface area (TPSA) is 105 Å². The number of hydrogen-bond acceptors (Lipinski definition) is 5. The third-order valence-corrected chi connectivity index (χ3v) is 6.57. The predicted octanol–water partition coefficient (Wildman–Crippen LogP) is 5.28. The lowest BCUT2D eigenvalue weighted by molar-refractivity contribution is 0.102. The minimum atomic E-state index is -0.287. The molecular weight excluding hydrogens is 444 g/mol. The van der Waals surface area contributed by atoms with Gasteiger partial charge in [-0.15, -0.1) is 0 Å². The lowest BCUT2D eigenvalue weighted by atomic mass is 10.0. The number of carbonyl (C=O) groups is 2. The van der Waals surface area contributed by atoms with E-state index in [1.165, 1.54) is 10.7 Å². The van der Waals surface area contributed by atoms with Gasteiger partial charge in [0.25, 0.3) is 5.91 Å². The number of aromatic hydroxyl groups is 1. The summed E-state index contributed by atoms with van der Waals surface area (Å²) in [5.41, 5.74) is 2.90. The summed E-state index contributed by atoms with van der Waals surface area (Å²) in [7, 11) is 0. The van der Waals surface area contributed by atoms with Gasteiger partial charge < -0.3 is 20.5 Å². The first-order chi connectivity index (χ1) is 17.0. The molecule has 1 heterocycles. The number of carbonyl (C=O) groups excluding carboxylic acids is 2. The first-order valence-corrected chi connectivity index (χ1v) is 12.3. The quantitative estimate of drug-likeness (QED) is 0.432. The fourth-order valence-electron chi connectivity index (χ4n) is 4.56. The van der Waals surface area contributed by atoms with Gasteiger partial charge in [0, 0.05) is 34.8 Å². The van der Waals surface area contributed by atoms with E-state index in [9.17, 15) is 14.7 Å². The molecule has 2 aliphatic carbocycles. The second kappa shape index (κ2) is 9.82. The van der Waals surface area contributed by atoms with Gasteiger partial charge in [-0.3, -0.25) is 4.79 Å². The zero-order valence-corrected chi connectivity index (χ0v) is 19.8. The molecule has 5 rings (SSSR count). The van der Waals surface area contributed by atoms with Crippen molar-refractivity contribution in [1.82, 2.24) is 15.1 Å². The number of amides is 2. The van der Waals surface area contributed by atoms with Crippen LogP contribution in [-0.2, 0) is 0 Å². The molecule has 182 valence electrons. The Bertz CT molecular complexity index is 1220. The predicted molar refractivity (Wildman–Crippen MR) is 133 cm³/mol. The number of rotatable bonds is 7. The summed E-state index contributed by atoms with van der Waals surface area (Å²) in [6.45, 7) is 2.46. The molecule has 0 radical (unpaired) electrons. The second-order valence-corrected chi connectivity index (χ2v) is 9.21. The molecule has 0 spiro atoms. The van der Waals surface area contributed by atoms with E-state index >= 15 is 0 Å². The highest BCUT2D eigenvalue weighted by Crippen LogP contribution is 2.38. The summed E-state index contributed by atoms with van der Waals surface area (Å²) in [5, 5.41) is 21.2. The van der Waals surface area contributed by atoms with Gasteiger partial charge in [0.15, 0.2) is 0 Å². The number of anilines is 1. The fraction of sp³-hybridized carbons (Fsp3) is 0.370.